The summed E-state index contributed by atoms with van der Waals surface area (Å²) in [5.74, 6) is 0.0128. The van der Waals surface area contributed by atoms with Crippen LogP contribution in [0, 0.1) is 5.92 Å². The largest absolute Gasteiger partial charge is 0.504 e. The minimum absolute atomic E-state index is 0.00824. The number of hydrogen-bond acceptors (Lipinski definition) is 4. The van der Waals surface area contributed by atoms with Crippen LogP contribution in [0.1, 0.15) is 13.3 Å². The van der Waals surface area contributed by atoms with Gasteiger partial charge in [-0.05, 0) is 18.6 Å². The molecule has 1 amide bonds. The van der Waals surface area contributed by atoms with E-state index in [1.807, 2.05) is 6.92 Å². The molecule has 1 aromatic rings. The van der Waals surface area contributed by atoms with Gasteiger partial charge >= 0.3 is 0 Å². The van der Waals surface area contributed by atoms with Crippen LogP contribution in [-0.4, -0.2) is 24.7 Å². The highest BCUT2D eigenvalue weighted by Crippen LogP contribution is 2.28. The molecule has 94 valence electrons. The van der Waals surface area contributed by atoms with Gasteiger partial charge in [-0.2, -0.15) is 0 Å². The lowest BCUT2D eigenvalue weighted by Gasteiger charge is -2.13. The van der Waals surface area contributed by atoms with E-state index < -0.39 is 0 Å². The Hall–Kier alpha value is -1.75. The molecule has 4 N–H and O–H groups in total. The van der Waals surface area contributed by atoms with Crippen LogP contribution >= 0.6 is 0 Å². The van der Waals surface area contributed by atoms with Gasteiger partial charge in [0.05, 0.1) is 13.0 Å². The standard InChI is InChI=1S/C12H18N2O3/c1-3-8(7-13)12(16)14-9-4-5-11(17-2)10(15)6-9/h4-6,8,15H,3,7,13H2,1-2H3,(H,14,16). The van der Waals surface area contributed by atoms with Crippen LogP contribution in [0.15, 0.2) is 18.2 Å². The molecule has 1 atom stereocenters. The van der Waals surface area contributed by atoms with E-state index in [0.29, 0.717) is 24.4 Å². The molecular formula is C12H18N2O3. The van der Waals surface area contributed by atoms with Crippen molar-refractivity contribution in [2.45, 2.75) is 13.3 Å². The number of hydrogen-bond donors (Lipinski definition) is 3. The quantitative estimate of drug-likeness (QED) is 0.722. The topological polar surface area (TPSA) is 84.6 Å². The maximum absolute atomic E-state index is 11.7. The summed E-state index contributed by atoms with van der Waals surface area (Å²) in [7, 11) is 1.47. The number of amides is 1. The van der Waals surface area contributed by atoms with Crippen LogP contribution in [0.25, 0.3) is 0 Å². The zero-order chi connectivity index (χ0) is 12.8. The van der Waals surface area contributed by atoms with Crippen molar-refractivity contribution in [2.75, 3.05) is 19.0 Å². The number of nitrogens with two attached hydrogens (primary N) is 1. The highest BCUT2D eigenvalue weighted by atomic mass is 16.5. The molecule has 0 saturated heterocycles. The number of nitrogens with one attached hydrogen (secondary N) is 1. The zero-order valence-electron chi connectivity index (χ0n) is 10.1. The maximum atomic E-state index is 11.7. The second-order valence-corrected chi connectivity index (χ2v) is 3.72. The summed E-state index contributed by atoms with van der Waals surface area (Å²) >= 11 is 0. The first-order valence-electron chi connectivity index (χ1n) is 5.50. The van der Waals surface area contributed by atoms with Crippen LogP contribution < -0.4 is 15.8 Å². The van der Waals surface area contributed by atoms with Gasteiger partial charge in [0.25, 0.3) is 0 Å². The van der Waals surface area contributed by atoms with Crippen LogP contribution in [0.2, 0.25) is 0 Å². The molecular weight excluding hydrogens is 220 g/mol. The molecule has 0 aliphatic rings. The molecule has 5 nitrogen and oxygen atoms in total. The van der Waals surface area contributed by atoms with E-state index in [1.165, 1.54) is 13.2 Å². The Kier molecular flexibility index (Phi) is 4.78. The lowest BCUT2D eigenvalue weighted by Crippen LogP contribution is -2.28. The van der Waals surface area contributed by atoms with Crippen LogP contribution in [-0.2, 0) is 4.79 Å². The number of benzene rings is 1. The van der Waals surface area contributed by atoms with Gasteiger partial charge in [0.1, 0.15) is 0 Å². The molecule has 0 fully saturated rings. The number of aromatic hydroxyl groups is 1. The van der Waals surface area contributed by atoms with Gasteiger partial charge in [-0.1, -0.05) is 6.92 Å². The van der Waals surface area contributed by atoms with Crippen molar-refractivity contribution in [1.82, 2.24) is 0 Å². The van der Waals surface area contributed by atoms with Crippen molar-refractivity contribution in [3.63, 3.8) is 0 Å². The summed E-state index contributed by atoms with van der Waals surface area (Å²) < 4.78 is 4.91. The van der Waals surface area contributed by atoms with E-state index in [-0.39, 0.29) is 17.6 Å². The average molecular weight is 238 g/mol. The molecule has 0 saturated carbocycles. The third kappa shape index (κ3) is 3.35. The van der Waals surface area contributed by atoms with Gasteiger partial charge < -0.3 is 20.9 Å². The molecule has 1 rings (SSSR count). The van der Waals surface area contributed by atoms with Crippen LogP contribution in [0.4, 0.5) is 5.69 Å². The van der Waals surface area contributed by atoms with Crippen LogP contribution in [0.3, 0.4) is 0 Å². The number of carbonyl (C=O) groups is 1. The van der Waals surface area contributed by atoms with Crippen molar-refractivity contribution in [1.29, 1.82) is 0 Å². The van der Waals surface area contributed by atoms with Gasteiger partial charge in [-0.15, -0.1) is 0 Å². The van der Waals surface area contributed by atoms with E-state index in [9.17, 15) is 9.90 Å². The third-order valence-electron chi connectivity index (χ3n) is 2.59. The Labute approximate surface area is 101 Å². The Morgan fingerprint density at radius 3 is 2.76 bits per heavy atom. The smallest absolute Gasteiger partial charge is 0.228 e. The first-order chi connectivity index (χ1) is 8.12. The van der Waals surface area contributed by atoms with Crippen LogP contribution in [0.5, 0.6) is 11.5 Å². The zero-order valence-corrected chi connectivity index (χ0v) is 10.1. The number of phenols is 1. The van der Waals surface area contributed by atoms with E-state index in [2.05, 4.69) is 5.32 Å². The summed E-state index contributed by atoms with van der Waals surface area (Å²) in [6, 6.07) is 4.70. The van der Waals surface area contributed by atoms with Crippen molar-refractivity contribution in [3.05, 3.63) is 18.2 Å². The summed E-state index contributed by atoms with van der Waals surface area (Å²) in [6.07, 6.45) is 0.685. The Bertz CT molecular complexity index is 389. The fraction of sp³-hybridized carbons (Fsp3) is 0.417. The van der Waals surface area contributed by atoms with E-state index in [0.717, 1.165) is 0 Å². The second-order valence-electron chi connectivity index (χ2n) is 3.72. The molecule has 1 aromatic carbocycles. The first kappa shape index (κ1) is 13.3. The lowest BCUT2D eigenvalue weighted by molar-refractivity contribution is -0.119. The highest BCUT2D eigenvalue weighted by molar-refractivity contribution is 5.93. The van der Waals surface area contributed by atoms with E-state index in [1.54, 1.807) is 12.1 Å². The number of ether oxygens (including phenoxy) is 1. The highest BCUT2D eigenvalue weighted by Gasteiger charge is 2.15. The molecule has 17 heavy (non-hydrogen) atoms. The molecule has 0 aromatic heterocycles. The van der Waals surface area contributed by atoms with Gasteiger partial charge in [-0.3, -0.25) is 4.79 Å². The number of anilines is 1. The fourth-order valence-electron chi connectivity index (χ4n) is 1.47. The third-order valence-corrected chi connectivity index (χ3v) is 2.59. The molecule has 0 heterocycles. The van der Waals surface area contributed by atoms with Gasteiger partial charge in [0, 0.05) is 18.3 Å². The minimum Gasteiger partial charge on any atom is -0.504 e. The normalized spacial score (nSPS) is 11.9. The van der Waals surface area contributed by atoms with Crippen molar-refractivity contribution in [2.24, 2.45) is 11.7 Å². The Morgan fingerprint density at radius 1 is 1.59 bits per heavy atom. The molecule has 0 bridgehead atoms. The number of methoxy groups -OCH3 is 1. The predicted molar refractivity (Wildman–Crippen MR) is 66.1 cm³/mol. The van der Waals surface area contributed by atoms with Crippen molar-refractivity contribution >= 4 is 11.6 Å². The van der Waals surface area contributed by atoms with Gasteiger partial charge in [-0.25, -0.2) is 0 Å². The molecule has 0 aliphatic heterocycles. The SMILES string of the molecule is CCC(CN)C(=O)Nc1ccc(OC)c(O)c1. The second kappa shape index (κ2) is 6.10. The summed E-state index contributed by atoms with van der Waals surface area (Å²) in [6.45, 7) is 2.22. The average Bonchev–Trinajstić information content (AvgIpc) is 2.31. The molecule has 5 heteroatoms. The summed E-state index contributed by atoms with van der Waals surface area (Å²) in [5.41, 5.74) is 6.01. The van der Waals surface area contributed by atoms with Crippen molar-refractivity contribution < 1.29 is 14.6 Å². The Morgan fingerprint density at radius 2 is 2.29 bits per heavy atom. The number of rotatable bonds is 5. The monoisotopic (exact) mass is 238 g/mol. The minimum atomic E-state index is -0.209. The molecule has 1 unspecified atom stereocenters. The molecule has 0 aliphatic carbocycles. The lowest BCUT2D eigenvalue weighted by atomic mass is 10.1. The summed E-state index contributed by atoms with van der Waals surface area (Å²) in [4.78, 5) is 11.7. The van der Waals surface area contributed by atoms with Crippen molar-refractivity contribution in [3.8, 4) is 11.5 Å². The molecule has 0 radical (unpaired) electrons. The number of phenolic OH excluding ortho intramolecular Hbond substituents is 1. The van der Waals surface area contributed by atoms with E-state index in [4.69, 9.17) is 10.5 Å². The van der Waals surface area contributed by atoms with E-state index >= 15 is 0 Å². The summed E-state index contributed by atoms with van der Waals surface area (Å²) in [5, 5.41) is 12.3. The Balaban J connectivity index is 2.75. The fourth-order valence-corrected chi connectivity index (χ4v) is 1.47. The predicted octanol–water partition coefficient (Wildman–Crippen LogP) is 1.32. The maximum Gasteiger partial charge on any atom is 0.228 e. The van der Waals surface area contributed by atoms with Gasteiger partial charge in [0.15, 0.2) is 11.5 Å². The van der Waals surface area contributed by atoms with Gasteiger partial charge in [0.2, 0.25) is 5.91 Å². The number of carbonyl (C=O) groups excluding carboxylic acids is 1. The molecule has 0 spiro atoms. The first-order valence-corrected chi connectivity index (χ1v) is 5.50.